The molecular weight excluding hydrogens is 422 g/mol. The van der Waals surface area contributed by atoms with Crippen molar-refractivity contribution < 1.29 is 17.9 Å². The third-order valence-corrected chi connectivity index (χ3v) is 5.71. The molecule has 1 fully saturated rings. The summed E-state index contributed by atoms with van der Waals surface area (Å²) in [5.41, 5.74) is 0.912. The summed E-state index contributed by atoms with van der Waals surface area (Å²) in [7, 11) is 1.41. The van der Waals surface area contributed by atoms with Crippen LogP contribution in [0.5, 0.6) is 0 Å². The van der Waals surface area contributed by atoms with Crippen molar-refractivity contribution in [1.82, 2.24) is 14.9 Å². The van der Waals surface area contributed by atoms with Crippen LogP contribution in [0.4, 0.5) is 4.79 Å². The lowest BCUT2D eigenvalue weighted by Crippen LogP contribution is -2.49. The highest BCUT2D eigenvalue weighted by molar-refractivity contribution is 9.10. The lowest BCUT2D eigenvalue weighted by Gasteiger charge is -2.37. The molecular formula is C14H13BrClN3O4S. The lowest BCUT2D eigenvalue weighted by molar-refractivity contribution is 0.0651. The van der Waals surface area contributed by atoms with Crippen LogP contribution in [0, 0.1) is 0 Å². The quantitative estimate of drug-likeness (QED) is 0.747. The molecule has 1 aromatic carbocycles. The average molecular weight is 435 g/mol. The van der Waals surface area contributed by atoms with Gasteiger partial charge in [0.25, 0.3) is 9.05 Å². The molecule has 1 aliphatic heterocycles. The number of amides is 1. The van der Waals surface area contributed by atoms with Gasteiger partial charge in [-0.1, -0.05) is 30.3 Å². The van der Waals surface area contributed by atoms with E-state index in [9.17, 15) is 13.2 Å². The highest BCUT2D eigenvalue weighted by Gasteiger charge is 2.36. The first-order valence-corrected chi connectivity index (χ1v) is 10.1. The highest BCUT2D eigenvalue weighted by Crippen LogP contribution is 2.30. The Labute approximate surface area is 151 Å². The summed E-state index contributed by atoms with van der Waals surface area (Å²) in [6.07, 6.45) is -0.411. The van der Waals surface area contributed by atoms with Crippen molar-refractivity contribution in [3.05, 3.63) is 46.3 Å². The molecule has 0 radical (unpaired) electrons. The van der Waals surface area contributed by atoms with Gasteiger partial charge in [0.15, 0.2) is 5.03 Å². The number of nitrogens with one attached hydrogen (secondary N) is 1. The third kappa shape index (κ3) is 3.73. The monoisotopic (exact) mass is 433 g/mol. The SMILES string of the molecule is O=C(OCc1ccccc1)N1CC(c2nc(Br)c(S(=O)(=O)Cl)[nH]2)C1. The Hall–Kier alpha value is -1.58. The van der Waals surface area contributed by atoms with E-state index in [0.29, 0.717) is 18.9 Å². The summed E-state index contributed by atoms with van der Waals surface area (Å²) in [5.74, 6) is 0.381. The van der Waals surface area contributed by atoms with Crippen molar-refractivity contribution in [3.8, 4) is 0 Å². The Bertz CT molecular complexity index is 850. The molecule has 128 valence electrons. The average Bonchev–Trinajstić information content (AvgIpc) is 2.86. The molecule has 2 heterocycles. The van der Waals surface area contributed by atoms with Gasteiger partial charge in [0.1, 0.15) is 17.0 Å². The maximum atomic E-state index is 12.0. The zero-order valence-corrected chi connectivity index (χ0v) is 15.4. The van der Waals surface area contributed by atoms with Crippen molar-refractivity contribution in [2.45, 2.75) is 17.6 Å². The van der Waals surface area contributed by atoms with Crippen LogP contribution in [0.25, 0.3) is 0 Å². The van der Waals surface area contributed by atoms with E-state index in [1.54, 1.807) is 0 Å². The fourth-order valence-corrected chi connectivity index (χ4v) is 4.34. The topological polar surface area (TPSA) is 92.4 Å². The van der Waals surface area contributed by atoms with Crippen LogP contribution in [-0.2, 0) is 20.4 Å². The van der Waals surface area contributed by atoms with E-state index < -0.39 is 15.1 Å². The van der Waals surface area contributed by atoms with Gasteiger partial charge in [-0.05, 0) is 21.5 Å². The van der Waals surface area contributed by atoms with Crippen LogP contribution >= 0.6 is 26.6 Å². The molecule has 7 nitrogen and oxygen atoms in total. The molecule has 0 aliphatic carbocycles. The minimum absolute atomic E-state index is 0.0854. The summed E-state index contributed by atoms with van der Waals surface area (Å²) in [6, 6.07) is 9.39. The van der Waals surface area contributed by atoms with Crippen LogP contribution in [0.3, 0.4) is 0 Å². The van der Waals surface area contributed by atoms with Gasteiger partial charge >= 0.3 is 6.09 Å². The predicted molar refractivity (Wildman–Crippen MR) is 90.3 cm³/mol. The van der Waals surface area contributed by atoms with E-state index in [1.807, 2.05) is 30.3 Å². The first-order valence-electron chi connectivity index (χ1n) is 7.00. The number of hydrogen-bond donors (Lipinski definition) is 1. The first kappa shape index (κ1) is 17.2. The Balaban J connectivity index is 1.55. The standard InChI is InChI=1S/C14H13BrClN3O4S/c15-11-13(24(16,21)22)18-12(17-11)10-6-19(7-10)14(20)23-8-9-4-2-1-3-5-9/h1-5,10H,6-8H2,(H,17,18). The molecule has 1 saturated heterocycles. The van der Waals surface area contributed by atoms with Crippen LogP contribution in [0.2, 0.25) is 0 Å². The smallest absolute Gasteiger partial charge is 0.410 e. The van der Waals surface area contributed by atoms with Gasteiger partial charge in [0.2, 0.25) is 0 Å². The maximum Gasteiger partial charge on any atom is 0.410 e. The fourth-order valence-electron chi connectivity index (χ4n) is 2.32. The van der Waals surface area contributed by atoms with Crippen molar-refractivity contribution >= 4 is 41.8 Å². The summed E-state index contributed by atoms with van der Waals surface area (Å²) in [4.78, 5) is 20.3. The van der Waals surface area contributed by atoms with Gasteiger partial charge in [-0.15, -0.1) is 0 Å². The fraction of sp³-hybridized carbons (Fsp3) is 0.286. The Morgan fingerprint density at radius 3 is 2.62 bits per heavy atom. The van der Waals surface area contributed by atoms with Crippen molar-refractivity contribution in [2.75, 3.05) is 13.1 Å². The summed E-state index contributed by atoms with van der Waals surface area (Å²) < 4.78 is 28.1. The molecule has 1 aromatic heterocycles. The van der Waals surface area contributed by atoms with Gasteiger partial charge in [0.05, 0.1) is 5.92 Å². The molecule has 1 amide bonds. The number of nitrogens with zero attached hydrogens (tertiary/aromatic N) is 2. The Morgan fingerprint density at radius 2 is 2.04 bits per heavy atom. The first-order chi connectivity index (χ1) is 11.3. The van der Waals surface area contributed by atoms with E-state index in [1.165, 1.54) is 4.90 Å². The number of imidazole rings is 1. The number of carbonyl (C=O) groups is 1. The van der Waals surface area contributed by atoms with Crippen LogP contribution in [0.15, 0.2) is 40.0 Å². The van der Waals surface area contributed by atoms with Crippen LogP contribution < -0.4 is 0 Å². The molecule has 3 rings (SSSR count). The van der Waals surface area contributed by atoms with Gasteiger partial charge in [-0.25, -0.2) is 18.2 Å². The Morgan fingerprint density at radius 1 is 1.38 bits per heavy atom. The number of aromatic nitrogens is 2. The van der Waals surface area contributed by atoms with E-state index >= 15 is 0 Å². The number of carbonyl (C=O) groups excluding carboxylic acids is 1. The lowest BCUT2D eigenvalue weighted by atomic mass is 10.0. The maximum absolute atomic E-state index is 12.0. The van der Waals surface area contributed by atoms with Crippen molar-refractivity contribution in [3.63, 3.8) is 0 Å². The molecule has 10 heteroatoms. The number of H-pyrrole nitrogens is 1. The van der Waals surface area contributed by atoms with Gasteiger partial charge < -0.3 is 14.6 Å². The van der Waals surface area contributed by atoms with Gasteiger partial charge in [-0.2, -0.15) is 0 Å². The molecule has 24 heavy (non-hydrogen) atoms. The van der Waals surface area contributed by atoms with E-state index in [0.717, 1.165) is 5.56 Å². The second-order valence-corrected chi connectivity index (χ2v) is 8.58. The third-order valence-electron chi connectivity index (χ3n) is 3.62. The molecule has 1 N–H and O–H groups in total. The number of ether oxygens (including phenoxy) is 1. The van der Waals surface area contributed by atoms with E-state index in [-0.39, 0.29) is 22.2 Å². The summed E-state index contributed by atoms with van der Waals surface area (Å²) in [6.45, 7) is 1.01. The van der Waals surface area contributed by atoms with Gasteiger partial charge in [0, 0.05) is 23.8 Å². The highest BCUT2D eigenvalue weighted by atomic mass is 79.9. The number of likely N-dealkylation sites (tertiary alicyclic amines) is 1. The molecule has 0 atom stereocenters. The predicted octanol–water partition coefficient (Wildman–Crippen LogP) is 2.84. The molecule has 0 bridgehead atoms. The number of halogens is 2. The second-order valence-electron chi connectivity index (χ2n) is 5.32. The van der Waals surface area contributed by atoms with Crippen LogP contribution in [0.1, 0.15) is 17.3 Å². The van der Waals surface area contributed by atoms with Crippen molar-refractivity contribution in [2.24, 2.45) is 0 Å². The number of benzene rings is 1. The molecule has 1 aliphatic rings. The van der Waals surface area contributed by atoms with E-state index in [2.05, 4.69) is 25.9 Å². The minimum atomic E-state index is -3.90. The number of rotatable bonds is 4. The molecule has 0 unspecified atom stereocenters. The van der Waals surface area contributed by atoms with Crippen LogP contribution in [-0.4, -0.2) is 42.5 Å². The minimum Gasteiger partial charge on any atom is -0.445 e. The second kappa shape index (κ2) is 6.73. The zero-order valence-electron chi connectivity index (χ0n) is 12.3. The van der Waals surface area contributed by atoms with Gasteiger partial charge in [-0.3, -0.25) is 0 Å². The molecule has 0 saturated carbocycles. The number of aromatic amines is 1. The molecule has 2 aromatic rings. The number of hydrogen-bond acceptors (Lipinski definition) is 5. The molecule has 0 spiro atoms. The normalized spacial score (nSPS) is 15.2. The van der Waals surface area contributed by atoms with Crippen molar-refractivity contribution in [1.29, 1.82) is 0 Å². The van der Waals surface area contributed by atoms with E-state index in [4.69, 9.17) is 15.4 Å². The largest absolute Gasteiger partial charge is 0.445 e. The zero-order chi connectivity index (χ0) is 17.3. The summed E-state index contributed by atoms with van der Waals surface area (Å²) in [5, 5.41) is -0.177. The Kier molecular flexibility index (Phi) is 4.84. The summed E-state index contributed by atoms with van der Waals surface area (Å²) >= 11 is 3.06.